The number of nitrogens with one attached hydrogen (secondary N) is 1. The van der Waals surface area contributed by atoms with Gasteiger partial charge in [0.05, 0.1) is 4.91 Å². The average Bonchev–Trinajstić information content (AvgIpc) is 2.93. The summed E-state index contributed by atoms with van der Waals surface area (Å²) in [7, 11) is 0. The first-order valence-corrected chi connectivity index (χ1v) is 8.96. The molecule has 6 heteroatoms. The SMILES string of the molecule is Cc1cc(-n2c(C)cc(/C=C3/SC(=O)NC3=O)c2C)ccc1I. The van der Waals surface area contributed by atoms with Crippen molar-refractivity contribution >= 4 is 51.6 Å². The number of hydrogen-bond donors (Lipinski definition) is 1. The Bertz CT molecular complexity index is 868. The molecule has 4 nitrogen and oxygen atoms in total. The standard InChI is InChI=1S/C17H15IN2O2S/c1-9-6-13(4-5-14(9)18)20-10(2)7-12(11(20)3)8-15-16(21)19-17(22)23-15/h4-8H,1-3H3,(H,19,21,22)/b15-8+. The lowest BCUT2D eigenvalue weighted by molar-refractivity contribution is -0.115. The van der Waals surface area contributed by atoms with Crippen LogP contribution in [-0.4, -0.2) is 15.7 Å². The van der Waals surface area contributed by atoms with Gasteiger partial charge in [-0.15, -0.1) is 0 Å². The molecule has 1 fully saturated rings. The lowest BCUT2D eigenvalue weighted by Crippen LogP contribution is -2.17. The van der Waals surface area contributed by atoms with Crippen LogP contribution in [0.3, 0.4) is 0 Å². The fraction of sp³-hybridized carbons (Fsp3) is 0.176. The van der Waals surface area contributed by atoms with Gasteiger partial charge >= 0.3 is 0 Å². The molecule has 118 valence electrons. The van der Waals surface area contributed by atoms with Crippen molar-refractivity contribution in [2.75, 3.05) is 0 Å². The first-order valence-electron chi connectivity index (χ1n) is 7.07. The molecule has 2 amide bonds. The Morgan fingerprint density at radius 1 is 1.17 bits per heavy atom. The topological polar surface area (TPSA) is 51.1 Å². The van der Waals surface area contributed by atoms with E-state index in [-0.39, 0.29) is 11.1 Å². The van der Waals surface area contributed by atoms with Crippen molar-refractivity contribution in [1.82, 2.24) is 9.88 Å². The number of amides is 2. The Labute approximate surface area is 152 Å². The van der Waals surface area contributed by atoms with Crippen molar-refractivity contribution < 1.29 is 9.59 Å². The van der Waals surface area contributed by atoms with Crippen LogP contribution in [0.4, 0.5) is 4.79 Å². The summed E-state index contributed by atoms with van der Waals surface area (Å²) in [5.41, 5.74) is 5.41. The number of hydrogen-bond acceptors (Lipinski definition) is 3. The van der Waals surface area contributed by atoms with Crippen LogP contribution in [0, 0.1) is 24.3 Å². The van der Waals surface area contributed by atoms with Crippen molar-refractivity contribution in [3.05, 3.63) is 55.3 Å². The Morgan fingerprint density at radius 2 is 1.91 bits per heavy atom. The molecule has 1 aromatic carbocycles. The van der Waals surface area contributed by atoms with Gasteiger partial charge in [-0.25, -0.2) is 0 Å². The smallest absolute Gasteiger partial charge is 0.290 e. The number of aromatic nitrogens is 1. The fourth-order valence-electron chi connectivity index (χ4n) is 2.66. The van der Waals surface area contributed by atoms with Crippen molar-refractivity contribution in [3.8, 4) is 5.69 Å². The number of aryl methyl sites for hydroxylation is 2. The highest BCUT2D eigenvalue weighted by Crippen LogP contribution is 2.29. The average molecular weight is 438 g/mol. The van der Waals surface area contributed by atoms with Gasteiger partial charge in [-0.2, -0.15) is 0 Å². The molecule has 0 saturated carbocycles. The zero-order chi connectivity index (χ0) is 16.7. The molecular formula is C17H15IN2O2S. The minimum absolute atomic E-state index is 0.316. The molecule has 1 aromatic heterocycles. The molecule has 0 radical (unpaired) electrons. The Hall–Kier alpha value is -1.54. The summed E-state index contributed by atoms with van der Waals surface area (Å²) in [6.45, 7) is 6.15. The molecule has 0 unspecified atom stereocenters. The third-order valence-corrected chi connectivity index (χ3v) is 5.82. The molecule has 23 heavy (non-hydrogen) atoms. The summed E-state index contributed by atoms with van der Waals surface area (Å²) in [5, 5.41) is 1.97. The van der Waals surface area contributed by atoms with Gasteiger partial charge in [0.25, 0.3) is 11.1 Å². The monoisotopic (exact) mass is 438 g/mol. The molecule has 2 aromatic rings. The lowest BCUT2D eigenvalue weighted by Gasteiger charge is -2.11. The summed E-state index contributed by atoms with van der Waals surface area (Å²) in [6.07, 6.45) is 1.78. The van der Waals surface area contributed by atoms with E-state index < -0.39 is 0 Å². The maximum absolute atomic E-state index is 11.7. The quantitative estimate of drug-likeness (QED) is 0.561. The van der Waals surface area contributed by atoms with Gasteiger partial charge < -0.3 is 4.57 Å². The van der Waals surface area contributed by atoms with E-state index in [1.807, 2.05) is 19.9 Å². The second kappa shape index (κ2) is 6.16. The second-order valence-corrected chi connectivity index (χ2v) is 7.62. The van der Waals surface area contributed by atoms with E-state index in [4.69, 9.17) is 0 Å². The van der Waals surface area contributed by atoms with E-state index in [2.05, 4.69) is 57.6 Å². The summed E-state index contributed by atoms with van der Waals surface area (Å²) < 4.78 is 3.39. The molecular weight excluding hydrogens is 423 g/mol. The number of benzene rings is 1. The van der Waals surface area contributed by atoms with Gasteiger partial charge in [0.1, 0.15) is 0 Å². The molecule has 1 aliphatic rings. The van der Waals surface area contributed by atoms with Gasteiger partial charge in [0, 0.05) is 20.6 Å². The number of halogens is 1. The van der Waals surface area contributed by atoms with Crippen LogP contribution < -0.4 is 5.32 Å². The highest BCUT2D eigenvalue weighted by atomic mass is 127. The molecule has 0 aliphatic carbocycles. The summed E-state index contributed by atoms with van der Waals surface area (Å²) in [5.74, 6) is -0.324. The normalized spacial score (nSPS) is 16.3. The largest absolute Gasteiger partial charge is 0.318 e. The summed E-state index contributed by atoms with van der Waals surface area (Å²) in [6, 6.07) is 8.37. The van der Waals surface area contributed by atoms with Gasteiger partial charge in [-0.3, -0.25) is 14.9 Å². The van der Waals surface area contributed by atoms with Gasteiger partial charge in [-0.05, 0) is 96.6 Å². The number of nitrogens with zero attached hydrogens (tertiary/aromatic N) is 1. The molecule has 1 saturated heterocycles. The van der Waals surface area contributed by atoms with E-state index in [1.165, 1.54) is 9.13 Å². The third-order valence-electron chi connectivity index (χ3n) is 3.80. The number of carbonyl (C=O) groups is 2. The third kappa shape index (κ3) is 3.10. The highest BCUT2D eigenvalue weighted by molar-refractivity contribution is 14.1. The van der Waals surface area contributed by atoms with Crippen LogP contribution in [0.2, 0.25) is 0 Å². The van der Waals surface area contributed by atoms with Crippen LogP contribution in [-0.2, 0) is 4.79 Å². The fourth-order valence-corrected chi connectivity index (χ4v) is 3.67. The van der Waals surface area contributed by atoms with Crippen molar-refractivity contribution in [1.29, 1.82) is 0 Å². The summed E-state index contributed by atoms with van der Waals surface area (Å²) in [4.78, 5) is 23.4. The van der Waals surface area contributed by atoms with Crippen LogP contribution in [0.15, 0.2) is 29.2 Å². The van der Waals surface area contributed by atoms with E-state index in [0.717, 1.165) is 34.4 Å². The zero-order valence-electron chi connectivity index (χ0n) is 12.9. The van der Waals surface area contributed by atoms with Gasteiger partial charge in [-0.1, -0.05) is 0 Å². The zero-order valence-corrected chi connectivity index (χ0v) is 15.9. The highest BCUT2D eigenvalue weighted by Gasteiger charge is 2.25. The predicted molar refractivity (Wildman–Crippen MR) is 102 cm³/mol. The first-order chi connectivity index (χ1) is 10.9. The molecule has 1 aliphatic heterocycles. The molecule has 0 spiro atoms. The first kappa shape index (κ1) is 16.3. The number of imide groups is 1. The Kier molecular flexibility index (Phi) is 4.37. The summed E-state index contributed by atoms with van der Waals surface area (Å²) >= 11 is 3.27. The Morgan fingerprint density at radius 3 is 2.52 bits per heavy atom. The molecule has 2 heterocycles. The van der Waals surface area contributed by atoms with Gasteiger partial charge in [0.2, 0.25) is 0 Å². The number of carbonyl (C=O) groups excluding carboxylic acids is 2. The molecule has 1 N–H and O–H groups in total. The van der Waals surface area contributed by atoms with Crippen molar-refractivity contribution in [2.45, 2.75) is 20.8 Å². The van der Waals surface area contributed by atoms with Gasteiger partial charge in [0.15, 0.2) is 0 Å². The van der Waals surface area contributed by atoms with Crippen molar-refractivity contribution in [2.24, 2.45) is 0 Å². The van der Waals surface area contributed by atoms with Crippen LogP contribution in [0.1, 0.15) is 22.5 Å². The lowest BCUT2D eigenvalue weighted by atomic mass is 10.2. The minimum Gasteiger partial charge on any atom is -0.318 e. The minimum atomic E-state index is -0.324. The molecule has 0 bridgehead atoms. The maximum atomic E-state index is 11.7. The molecule has 3 rings (SSSR count). The van der Waals surface area contributed by atoms with Crippen LogP contribution >= 0.6 is 34.4 Å². The van der Waals surface area contributed by atoms with E-state index in [9.17, 15) is 9.59 Å². The maximum Gasteiger partial charge on any atom is 0.290 e. The van der Waals surface area contributed by atoms with Crippen molar-refractivity contribution in [3.63, 3.8) is 0 Å². The van der Waals surface area contributed by atoms with Crippen LogP contribution in [0.25, 0.3) is 11.8 Å². The molecule has 0 atom stereocenters. The second-order valence-electron chi connectivity index (χ2n) is 5.45. The number of rotatable bonds is 2. The number of thioether (sulfide) groups is 1. The van der Waals surface area contributed by atoms with E-state index >= 15 is 0 Å². The predicted octanol–water partition coefficient (Wildman–Crippen LogP) is 4.33. The van der Waals surface area contributed by atoms with Crippen LogP contribution in [0.5, 0.6) is 0 Å². The van der Waals surface area contributed by atoms with E-state index in [1.54, 1.807) is 6.08 Å². The van der Waals surface area contributed by atoms with E-state index in [0.29, 0.717) is 4.91 Å². The Balaban J connectivity index is 2.06.